The van der Waals surface area contributed by atoms with E-state index in [-0.39, 0.29) is 0 Å². The summed E-state index contributed by atoms with van der Waals surface area (Å²) in [6.45, 7) is 1.15. The molecular formula is C12H16N4O4. The van der Waals surface area contributed by atoms with Crippen molar-refractivity contribution in [1.82, 2.24) is 0 Å². The summed E-state index contributed by atoms with van der Waals surface area (Å²) in [6.07, 6.45) is 9.01. The first-order chi connectivity index (χ1) is 9.69. The van der Waals surface area contributed by atoms with Gasteiger partial charge in [-0.25, -0.2) is 40.0 Å². The van der Waals surface area contributed by atoms with Crippen LogP contribution in [0.2, 0.25) is 0 Å². The van der Waals surface area contributed by atoms with Crippen LogP contribution >= 0.6 is 0 Å². The van der Waals surface area contributed by atoms with Gasteiger partial charge in [-0.1, -0.05) is 6.42 Å². The summed E-state index contributed by atoms with van der Waals surface area (Å²) < 4.78 is 0. The molecule has 1 aliphatic rings. The van der Waals surface area contributed by atoms with E-state index in [2.05, 4.69) is 9.98 Å². The Kier molecular flexibility index (Phi) is 16.4. The molecule has 2 atom stereocenters. The highest BCUT2D eigenvalue weighted by Gasteiger charge is 2.21. The molecule has 0 heterocycles. The zero-order chi connectivity index (χ0) is 15.6. The van der Waals surface area contributed by atoms with Crippen molar-refractivity contribution in [3.05, 3.63) is 0 Å². The van der Waals surface area contributed by atoms with Crippen LogP contribution in [0.5, 0.6) is 0 Å². The molecule has 108 valence electrons. The van der Waals surface area contributed by atoms with Crippen LogP contribution < -0.4 is 0 Å². The predicted molar refractivity (Wildman–Crippen MR) is 68.3 cm³/mol. The Morgan fingerprint density at radius 2 is 1.20 bits per heavy atom. The van der Waals surface area contributed by atoms with E-state index < -0.39 is 0 Å². The van der Waals surface area contributed by atoms with Gasteiger partial charge in [0.25, 0.3) is 0 Å². The van der Waals surface area contributed by atoms with E-state index in [1.807, 2.05) is 0 Å². The van der Waals surface area contributed by atoms with Crippen LogP contribution in [0.15, 0.2) is 9.98 Å². The van der Waals surface area contributed by atoms with Gasteiger partial charge in [-0.05, 0) is 31.1 Å². The largest absolute Gasteiger partial charge is 0.234 e. The molecule has 8 nitrogen and oxygen atoms in total. The number of nitrogens with zero attached hydrogens (tertiary/aromatic N) is 2. The Hall–Kier alpha value is -2.48. The Bertz CT molecular complexity index is 375. The highest BCUT2D eigenvalue weighted by Crippen LogP contribution is 2.29. The number of nitrogens with one attached hydrogen (secondary N) is 2. The number of isocyanates is 4. The summed E-state index contributed by atoms with van der Waals surface area (Å²) in [7, 11) is 0. The molecule has 1 saturated carbocycles. The fourth-order valence-electron chi connectivity index (χ4n) is 2.07. The second-order valence-electron chi connectivity index (χ2n) is 3.97. The first-order valence-corrected chi connectivity index (χ1v) is 5.85. The number of carbonyl (C=O) groups excluding carboxylic acids is 4. The lowest BCUT2D eigenvalue weighted by Crippen LogP contribution is -2.19. The van der Waals surface area contributed by atoms with Crippen LogP contribution in [0, 0.1) is 22.7 Å². The van der Waals surface area contributed by atoms with Gasteiger partial charge in [0.15, 0.2) is 0 Å². The molecular weight excluding hydrogens is 264 g/mol. The van der Waals surface area contributed by atoms with E-state index in [0.29, 0.717) is 24.9 Å². The lowest BCUT2D eigenvalue weighted by atomic mass is 9.81. The van der Waals surface area contributed by atoms with Gasteiger partial charge < -0.3 is 0 Å². The Labute approximate surface area is 116 Å². The lowest BCUT2D eigenvalue weighted by molar-refractivity contribution is 0.278. The second-order valence-corrected chi connectivity index (χ2v) is 3.97. The first kappa shape index (κ1) is 19.9. The van der Waals surface area contributed by atoms with E-state index in [0.717, 1.165) is 37.8 Å². The molecule has 2 unspecified atom stereocenters. The van der Waals surface area contributed by atoms with Crippen molar-refractivity contribution in [3.63, 3.8) is 0 Å². The number of aliphatic imine (C=N–C) groups is 2. The quantitative estimate of drug-likeness (QED) is 0.590. The third kappa shape index (κ3) is 13.6. The molecule has 1 fully saturated rings. The van der Waals surface area contributed by atoms with Gasteiger partial charge in [-0.2, -0.15) is 0 Å². The van der Waals surface area contributed by atoms with Crippen molar-refractivity contribution in [2.75, 3.05) is 13.1 Å². The molecule has 8 heteroatoms. The average Bonchev–Trinajstić information content (AvgIpc) is 2.45. The maximum Gasteiger partial charge on any atom is 0.234 e. The molecule has 0 aromatic heterocycles. The van der Waals surface area contributed by atoms with Gasteiger partial charge in [-0.3, -0.25) is 0 Å². The Morgan fingerprint density at radius 1 is 0.850 bits per heavy atom. The highest BCUT2D eigenvalue weighted by molar-refractivity contribution is 5.33. The van der Waals surface area contributed by atoms with Crippen molar-refractivity contribution in [2.45, 2.75) is 25.7 Å². The Morgan fingerprint density at radius 3 is 1.50 bits per heavy atom. The van der Waals surface area contributed by atoms with Crippen LogP contribution in [0.4, 0.5) is 0 Å². The van der Waals surface area contributed by atoms with Crippen LogP contribution in [-0.2, 0) is 19.2 Å². The molecule has 0 radical (unpaired) electrons. The first-order valence-electron chi connectivity index (χ1n) is 5.85. The summed E-state index contributed by atoms with van der Waals surface area (Å²) in [4.78, 5) is 43.8. The van der Waals surface area contributed by atoms with E-state index in [1.54, 1.807) is 12.2 Å². The molecule has 0 aromatic carbocycles. The van der Waals surface area contributed by atoms with Crippen molar-refractivity contribution < 1.29 is 19.2 Å². The van der Waals surface area contributed by atoms with Gasteiger partial charge >= 0.3 is 0 Å². The van der Waals surface area contributed by atoms with Crippen LogP contribution in [0.3, 0.4) is 0 Å². The minimum absolute atomic E-state index is 0.469. The number of hydrogen-bond acceptors (Lipinski definition) is 8. The minimum Gasteiger partial charge on any atom is -0.222 e. The second kappa shape index (κ2) is 16.5. The standard InChI is InChI=1S/C10H14N2O2.2CHNO/c13-7-11-5-9-2-1-3-10(4-9)6-12-8-14;2*2-1-3/h9-10H,1-6H2;2*2H. The summed E-state index contributed by atoms with van der Waals surface area (Å²) in [5.74, 6) is 0.939. The Balaban J connectivity index is 0. The van der Waals surface area contributed by atoms with Crippen LogP contribution in [-0.4, -0.2) is 37.4 Å². The smallest absolute Gasteiger partial charge is 0.222 e. The molecule has 0 bridgehead atoms. The van der Waals surface area contributed by atoms with Crippen molar-refractivity contribution in [1.29, 1.82) is 10.8 Å². The van der Waals surface area contributed by atoms with E-state index in [9.17, 15) is 9.59 Å². The van der Waals surface area contributed by atoms with E-state index in [1.165, 1.54) is 0 Å². The molecule has 1 aliphatic carbocycles. The molecule has 0 aromatic rings. The predicted octanol–water partition coefficient (Wildman–Crippen LogP) is 1.27. The molecule has 0 aliphatic heterocycles. The SMILES string of the molecule is N=C=O.N=C=O.O=C=NCC1CCCC(CN=C=O)C1. The topological polar surface area (TPSA) is 141 Å². The fourth-order valence-corrected chi connectivity index (χ4v) is 2.07. The maximum absolute atomic E-state index is 9.94. The van der Waals surface area contributed by atoms with Crippen LogP contribution in [0.25, 0.3) is 0 Å². The number of rotatable bonds is 4. The van der Waals surface area contributed by atoms with Crippen molar-refractivity contribution in [2.24, 2.45) is 21.8 Å². The summed E-state index contributed by atoms with van der Waals surface area (Å²) in [5, 5.41) is 10.8. The molecule has 1 rings (SSSR count). The molecule has 0 saturated heterocycles. The van der Waals surface area contributed by atoms with Gasteiger partial charge in [-0.15, -0.1) is 0 Å². The van der Waals surface area contributed by atoms with Gasteiger partial charge in [0.05, 0.1) is 13.1 Å². The van der Waals surface area contributed by atoms with Gasteiger partial charge in [0.2, 0.25) is 24.3 Å². The molecule has 2 N–H and O–H groups in total. The lowest BCUT2D eigenvalue weighted by Gasteiger charge is -2.26. The van der Waals surface area contributed by atoms with Gasteiger partial charge in [0.1, 0.15) is 0 Å². The zero-order valence-electron chi connectivity index (χ0n) is 10.9. The van der Waals surface area contributed by atoms with E-state index >= 15 is 0 Å². The summed E-state index contributed by atoms with van der Waals surface area (Å²) >= 11 is 0. The van der Waals surface area contributed by atoms with Crippen molar-refractivity contribution in [3.8, 4) is 0 Å². The fraction of sp³-hybridized carbons (Fsp3) is 0.667. The third-order valence-electron chi connectivity index (χ3n) is 2.72. The monoisotopic (exact) mass is 280 g/mol. The minimum atomic E-state index is 0.469. The zero-order valence-corrected chi connectivity index (χ0v) is 10.9. The van der Waals surface area contributed by atoms with E-state index in [4.69, 9.17) is 20.4 Å². The maximum atomic E-state index is 9.94. The molecule has 0 amide bonds. The summed E-state index contributed by atoms with van der Waals surface area (Å²) in [5.41, 5.74) is 0. The summed E-state index contributed by atoms with van der Waals surface area (Å²) in [6, 6.07) is 0. The van der Waals surface area contributed by atoms with Crippen LogP contribution in [0.1, 0.15) is 25.7 Å². The normalized spacial score (nSPS) is 19.0. The van der Waals surface area contributed by atoms with Gasteiger partial charge in [0, 0.05) is 0 Å². The third-order valence-corrected chi connectivity index (χ3v) is 2.72. The average molecular weight is 280 g/mol. The number of hydrogen-bond donors (Lipinski definition) is 2. The van der Waals surface area contributed by atoms with Crippen molar-refractivity contribution >= 4 is 24.3 Å². The highest BCUT2D eigenvalue weighted by atomic mass is 16.1. The molecule has 20 heavy (non-hydrogen) atoms. The molecule has 0 spiro atoms.